The van der Waals surface area contributed by atoms with Gasteiger partial charge in [0.15, 0.2) is 11.6 Å². The highest BCUT2D eigenvalue weighted by molar-refractivity contribution is 5.65. The van der Waals surface area contributed by atoms with Crippen LogP contribution in [0.1, 0.15) is 81.3 Å². The molecule has 0 heterocycles. The molecule has 4 rings (SSSR count). The smallest absolute Gasteiger partial charge is 0.166 e. The lowest BCUT2D eigenvalue weighted by molar-refractivity contribution is 0.348. The molecule has 2 aliphatic carbocycles. The van der Waals surface area contributed by atoms with Crippen LogP contribution in [0, 0.1) is 17.6 Å². The summed E-state index contributed by atoms with van der Waals surface area (Å²) in [5.41, 5.74) is 3.06. The zero-order valence-electron chi connectivity index (χ0n) is 15.6. The van der Waals surface area contributed by atoms with E-state index in [1.54, 1.807) is 12.1 Å². The van der Waals surface area contributed by atoms with Gasteiger partial charge in [-0.2, -0.15) is 0 Å². The van der Waals surface area contributed by atoms with Gasteiger partial charge in [-0.25, -0.2) is 8.78 Å². The van der Waals surface area contributed by atoms with Crippen molar-refractivity contribution in [2.24, 2.45) is 5.92 Å². The predicted octanol–water partition coefficient (Wildman–Crippen LogP) is 7.58. The molecule has 2 saturated carbocycles. The second-order valence-corrected chi connectivity index (χ2v) is 8.39. The highest BCUT2D eigenvalue weighted by atomic mass is 19.2. The van der Waals surface area contributed by atoms with Gasteiger partial charge < -0.3 is 0 Å². The monoisotopic (exact) mass is 354 g/mol. The van der Waals surface area contributed by atoms with E-state index in [1.165, 1.54) is 31.2 Å². The van der Waals surface area contributed by atoms with Gasteiger partial charge in [0.2, 0.25) is 0 Å². The van der Waals surface area contributed by atoms with Crippen LogP contribution in [0.3, 0.4) is 0 Å². The van der Waals surface area contributed by atoms with Crippen LogP contribution in [0.4, 0.5) is 8.78 Å². The first-order valence-electron chi connectivity index (χ1n) is 10.2. The Hall–Kier alpha value is -1.70. The zero-order valence-corrected chi connectivity index (χ0v) is 15.6. The average Bonchev–Trinajstić information content (AvgIpc) is 3.19. The third-order valence-corrected chi connectivity index (χ3v) is 6.62. The second kappa shape index (κ2) is 7.50. The van der Waals surface area contributed by atoms with E-state index >= 15 is 0 Å². The summed E-state index contributed by atoms with van der Waals surface area (Å²) in [4.78, 5) is 0. The van der Waals surface area contributed by atoms with Crippen molar-refractivity contribution in [3.8, 4) is 11.1 Å². The van der Waals surface area contributed by atoms with Crippen molar-refractivity contribution in [3.05, 3.63) is 59.2 Å². The van der Waals surface area contributed by atoms with Crippen LogP contribution in [-0.2, 0) is 0 Å². The Morgan fingerprint density at radius 1 is 0.692 bits per heavy atom. The van der Waals surface area contributed by atoms with E-state index in [4.69, 9.17) is 0 Å². The Labute approximate surface area is 155 Å². The van der Waals surface area contributed by atoms with Crippen LogP contribution in [-0.4, -0.2) is 0 Å². The zero-order chi connectivity index (χ0) is 18.1. The van der Waals surface area contributed by atoms with E-state index in [-0.39, 0.29) is 5.92 Å². The molecule has 2 aromatic carbocycles. The first-order chi connectivity index (χ1) is 12.6. The molecule has 0 unspecified atom stereocenters. The fourth-order valence-electron chi connectivity index (χ4n) is 4.87. The summed E-state index contributed by atoms with van der Waals surface area (Å²) < 4.78 is 29.4. The lowest BCUT2D eigenvalue weighted by Gasteiger charge is -2.26. The van der Waals surface area contributed by atoms with Gasteiger partial charge in [0, 0.05) is 5.56 Å². The topological polar surface area (TPSA) is 0 Å². The van der Waals surface area contributed by atoms with E-state index < -0.39 is 11.6 Å². The van der Waals surface area contributed by atoms with Crippen LogP contribution in [0.2, 0.25) is 0 Å². The highest BCUT2D eigenvalue weighted by Gasteiger charge is 2.24. The molecule has 0 nitrogen and oxygen atoms in total. The second-order valence-electron chi connectivity index (χ2n) is 8.39. The van der Waals surface area contributed by atoms with Crippen molar-refractivity contribution in [1.29, 1.82) is 0 Å². The molecule has 2 aliphatic rings. The van der Waals surface area contributed by atoms with Gasteiger partial charge in [-0.3, -0.25) is 0 Å². The minimum atomic E-state index is -0.686. The lowest BCUT2D eigenvalue weighted by atomic mass is 9.79. The Morgan fingerprint density at radius 3 is 2.00 bits per heavy atom. The lowest BCUT2D eigenvalue weighted by Crippen LogP contribution is -2.10. The summed E-state index contributed by atoms with van der Waals surface area (Å²) >= 11 is 0. The van der Waals surface area contributed by atoms with Crippen LogP contribution in [0.15, 0.2) is 36.4 Å². The van der Waals surface area contributed by atoms with Gasteiger partial charge in [0.1, 0.15) is 0 Å². The van der Waals surface area contributed by atoms with Crippen molar-refractivity contribution >= 4 is 0 Å². The molecule has 0 radical (unpaired) electrons. The number of benzene rings is 2. The molecule has 0 spiro atoms. The number of halogens is 2. The van der Waals surface area contributed by atoms with E-state index in [9.17, 15) is 8.78 Å². The highest BCUT2D eigenvalue weighted by Crippen LogP contribution is 2.39. The molecule has 0 aliphatic heterocycles. The average molecular weight is 354 g/mol. The van der Waals surface area contributed by atoms with E-state index in [0.29, 0.717) is 17.0 Å². The summed E-state index contributed by atoms with van der Waals surface area (Å²) in [5.74, 6) is 0.315. The first kappa shape index (κ1) is 17.7. The van der Waals surface area contributed by atoms with Crippen LogP contribution in [0.5, 0.6) is 0 Å². The third kappa shape index (κ3) is 3.43. The van der Waals surface area contributed by atoms with Crippen LogP contribution in [0.25, 0.3) is 11.1 Å². The van der Waals surface area contributed by atoms with Crippen molar-refractivity contribution in [2.45, 2.75) is 70.1 Å². The largest absolute Gasteiger partial charge is 0.203 e. The Kier molecular flexibility index (Phi) is 5.11. The molecule has 0 atom stereocenters. The van der Waals surface area contributed by atoms with E-state index in [2.05, 4.69) is 19.1 Å². The molecule has 0 amide bonds. The van der Waals surface area contributed by atoms with E-state index in [0.717, 1.165) is 37.2 Å². The van der Waals surface area contributed by atoms with Crippen LogP contribution < -0.4 is 0 Å². The molecular formula is C24H28F2. The SMILES string of the molecule is CC1CCC(c2ccc(-c3ccc(C4CCCC4)c(F)c3F)cc2)CC1. The molecule has 138 valence electrons. The maximum atomic E-state index is 14.7. The van der Waals surface area contributed by atoms with Crippen molar-refractivity contribution in [1.82, 2.24) is 0 Å². The van der Waals surface area contributed by atoms with E-state index in [1.807, 2.05) is 12.1 Å². The molecule has 0 aromatic heterocycles. The molecule has 0 saturated heterocycles. The number of hydrogen-bond donors (Lipinski definition) is 0. The standard InChI is InChI=1S/C24H28F2/c1-16-6-8-17(9-7-16)18-10-12-20(13-11-18)22-15-14-21(23(25)24(22)26)19-4-2-3-5-19/h10-17,19H,2-9H2,1H3. The molecule has 2 aromatic rings. The van der Waals surface area contributed by atoms with Gasteiger partial charge in [-0.15, -0.1) is 0 Å². The summed E-state index contributed by atoms with van der Waals surface area (Å²) in [5, 5.41) is 0. The molecule has 2 fully saturated rings. The maximum Gasteiger partial charge on any atom is 0.166 e. The van der Waals surface area contributed by atoms with Crippen LogP contribution >= 0.6 is 0 Å². The molecule has 0 N–H and O–H groups in total. The minimum absolute atomic E-state index is 0.189. The van der Waals surface area contributed by atoms with Gasteiger partial charge in [-0.05, 0) is 60.1 Å². The summed E-state index contributed by atoms with van der Waals surface area (Å²) in [6.07, 6.45) is 9.24. The fraction of sp³-hybridized carbons (Fsp3) is 0.500. The molecule has 0 bridgehead atoms. The summed E-state index contributed by atoms with van der Waals surface area (Å²) in [6.45, 7) is 2.33. The predicted molar refractivity (Wildman–Crippen MR) is 103 cm³/mol. The van der Waals surface area contributed by atoms with Gasteiger partial charge in [-0.1, -0.05) is 69.0 Å². The summed E-state index contributed by atoms with van der Waals surface area (Å²) in [7, 11) is 0. The van der Waals surface area contributed by atoms with Crippen molar-refractivity contribution < 1.29 is 8.78 Å². The van der Waals surface area contributed by atoms with Crippen molar-refractivity contribution in [2.75, 3.05) is 0 Å². The first-order valence-corrected chi connectivity index (χ1v) is 10.2. The molecular weight excluding hydrogens is 326 g/mol. The Balaban J connectivity index is 1.56. The van der Waals surface area contributed by atoms with Gasteiger partial charge >= 0.3 is 0 Å². The molecule has 26 heavy (non-hydrogen) atoms. The van der Waals surface area contributed by atoms with Crippen molar-refractivity contribution in [3.63, 3.8) is 0 Å². The maximum absolute atomic E-state index is 14.7. The number of hydrogen-bond acceptors (Lipinski definition) is 0. The minimum Gasteiger partial charge on any atom is -0.203 e. The Morgan fingerprint density at radius 2 is 1.35 bits per heavy atom. The normalized spacial score (nSPS) is 24.1. The van der Waals surface area contributed by atoms with Gasteiger partial charge in [0.25, 0.3) is 0 Å². The quantitative estimate of drug-likeness (QED) is 0.533. The number of rotatable bonds is 3. The molecule has 2 heteroatoms. The third-order valence-electron chi connectivity index (χ3n) is 6.62. The fourth-order valence-corrected chi connectivity index (χ4v) is 4.87. The summed E-state index contributed by atoms with van der Waals surface area (Å²) in [6, 6.07) is 11.7. The van der Waals surface area contributed by atoms with Gasteiger partial charge in [0.05, 0.1) is 0 Å². The Bertz CT molecular complexity index is 749.